The highest BCUT2D eigenvalue weighted by atomic mass is 32.2. The zero-order chi connectivity index (χ0) is 14.0. The summed E-state index contributed by atoms with van der Waals surface area (Å²) in [5.41, 5.74) is 0.255. The van der Waals surface area contributed by atoms with E-state index in [-0.39, 0.29) is 23.8 Å². The lowest BCUT2D eigenvalue weighted by atomic mass is 10.2. The number of carboxylic acid groups (broad SMARTS) is 1. The Bertz CT molecular complexity index is 589. The van der Waals surface area contributed by atoms with Gasteiger partial charge in [0.1, 0.15) is 6.04 Å². The van der Waals surface area contributed by atoms with E-state index in [1.807, 2.05) is 0 Å². The van der Waals surface area contributed by atoms with E-state index in [4.69, 9.17) is 5.11 Å². The molecule has 1 aromatic rings. The Balaban J connectivity index is 2.43. The minimum atomic E-state index is -3.95. The highest BCUT2D eigenvalue weighted by Crippen LogP contribution is 2.19. The summed E-state index contributed by atoms with van der Waals surface area (Å²) in [6, 6.07) is -1.12. The normalized spacial score (nSPS) is 21.2. The molecule has 1 saturated heterocycles. The number of aliphatic carboxylic acids is 1. The van der Waals surface area contributed by atoms with Crippen molar-refractivity contribution in [2.45, 2.75) is 18.0 Å². The molecule has 0 unspecified atom stereocenters. The molecular weight excluding hydrogens is 272 g/mol. The Hall–Kier alpha value is -1.58. The number of nitrogens with zero attached hydrogens (tertiary/aromatic N) is 3. The van der Waals surface area contributed by atoms with Crippen LogP contribution in [0.4, 0.5) is 0 Å². The number of hydrogen-bond donors (Lipinski definition) is 2. The van der Waals surface area contributed by atoms with Crippen LogP contribution in [-0.2, 0) is 14.8 Å². The molecule has 1 atom stereocenters. The Labute approximate surface area is 110 Å². The van der Waals surface area contributed by atoms with E-state index in [1.165, 1.54) is 19.3 Å². The summed E-state index contributed by atoms with van der Waals surface area (Å²) >= 11 is 0. The van der Waals surface area contributed by atoms with Gasteiger partial charge in [0.15, 0.2) is 5.03 Å². The van der Waals surface area contributed by atoms with Gasteiger partial charge in [0.2, 0.25) is 0 Å². The van der Waals surface area contributed by atoms with Crippen LogP contribution in [0.2, 0.25) is 0 Å². The number of aryl methyl sites for hydroxylation is 1. The Kier molecular flexibility index (Phi) is 3.78. The number of aromatic nitrogens is 2. The first-order valence-electron chi connectivity index (χ1n) is 5.67. The summed E-state index contributed by atoms with van der Waals surface area (Å²) in [4.78, 5) is 18.8. The number of nitrogens with one attached hydrogen (secondary N) is 1. The van der Waals surface area contributed by atoms with Crippen molar-refractivity contribution in [1.82, 2.24) is 19.6 Å². The van der Waals surface area contributed by atoms with Crippen molar-refractivity contribution in [3.63, 3.8) is 0 Å². The molecular formula is C10H14N4O4S. The molecule has 9 heteroatoms. The molecule has 2 heterocycles. The maximum absolute atomic E-state index is 12.5. The smallest absolute Gasteiger partial charge is 0.323 e. The molecule has 1 fully saturated rings. The zero-order valence-corrected chi connectivity index (χ0v) is 11.1. The third-order valence-electron chi connectivity index (χ3n) is 2.87. The lowest BCUT2D eigenvalue weighted by molar-refractivity contribution is -0.141. The van der Waals surface area contributed by atoms with Crippen molar-refractivity contribution in [3.05, 3.63) is 18.1 Å². The van der Waals surface area contributed by atoms with Gasteiger partial charge in [-0.25, -0.2) is 13.4 Å². The quantitative estimate of drug-likeness (QED) is 0.720. The van der Waals surface area contributed by atoms with Crippen molar-refractivity contribution in [1.29, 1.82) is 0 Å². The van der Waals surface area contributed by atoms with E-state index in [0.29, 0.717) is 6.54 Å². The third-order valence-corrected chi connectivity index (χ3v) is 4.81. The van der Waals surface area contributed by atoms with E-state index >= 15 is 0 Å². The first-order valence-corrected chi connectivity index (χ1v) is 7.11. The topological polar surface area (TPSA) is 112 Å². The largest absolute Gasteiger partial charge is 0.480 e. The van der Waals surface area contributed by atoms with Crippen LogP contribution in [0.1, 0.15) is 5.69 Å². The number of carbonyl (C=O) groups is 1. The summed E-state index contributed by atoms with van der Waals surface area (Å²) < 4.78 is 25.9. The summed E-state index contributed by atoms with van der Waals surface area (Å²) in [5, 5.41) is 11.8. The molecule has 0 aromatic carbocycles. The first-order chi connectivity index (χ1) is 8.94. The molecule has 0 bridgehead atoms. The van der Waals surface area contributed by atoms with Gasteiger partial charge in [0.25, 0.3) is 10.0 Å². The highest BCUT2D eigenvalue weighted by Gasteiger charge is 2.39. The fourth-order valence-electron chi connectivity index (χ4n) is 1.94. The van der Waals surface area contributed by atoms with Crippen molar-refractivity contribution in [2.75, 3.05) is 19.6 Å². The number of sulfonamides is 1. The molecule has 0 amide bonds. The predicted octanol–water partition coefficient (Wildman–Crippen LogP) is -1.17. The molecule has 0 spiro atoms. The van der Waals surface area contributed by atoms with Gasteiger partial charge < -0.3 is 10.4 Å². The average molecular weight is 286 g/mol. The number of hydrogen-bond acceptors (Lipinski definition) is 6. The summed E-state index contributed by atoms with van der Waals surface area (Å²) in [6.07, 6.45) is 2.67. The van der Waals surface area contributed by atoms with Gasteiger partial charge in [-0.05, 0) is 6.92 Å². The van der Waals surface area contributed by atoms with Crippen molar-refractivity contribution in [3.8, 4) is 0 Å². The molecule has 1 aromatic heterocycles. The maximum atomic E-state index is 12.5. The van der Waals surface area contributed by atoms with E-state index < -0.39 is 22.0 Å². The Morgan fingerprint density at radius 3 is 2.79 bits per heavy atom. The lowest BCUT2D eigenvalue weighted by Crippen LogP contribution is -2.57. The molecule has 2 N–H and O–H groups in total. The molecule has 8 nitrogen and oxygen atoms in total. The molecule has 1 aliphatic heterocycles. The zero-order valence-electron chi connectivity index (χ0n) is 10.3. The SMILES string of the molecule is Cc1nccnc1S(=O)(=O)N1CCNC[C@@H]1C(=O)O. The lowest BCUT2D eigenvalue weighted by Gasteiger charge is -2.32. The maximum Gasteiger partial charge on any atom is 0.323 e. The van der Waals surface area contributed by atoms with Crippen molar-refractivity contribution in [2.24, 2.45) is 0 Å². The Morgan fingerprint density at radius 2 is 2.16 bits per heavy atom. The first kappa shape index (κ1) is 13.8. The molecule has 0 saturated carbocycles. The van der Waals surface area contributed by atoms with Crippen LogP contribution in [0.25, 0.3) is 0 Å². The van der Waals surface area contributed by atoms with Crippen LogP contribution in [0.3, 0.4) is 0 Å². The van der Waals surface area contributed by atoms with Crippen LogP contribution in [0.5, 0.6) is 0 Å². The van der Waals surface area contributed by atoms with E-state index in [2.05, 4.69) is 15.3 Å². The Morgan fingerprint density at radius 1 is 1.47 bits per heavy atom. The van der Waals surface area contributed by atoms with Gasteiger partial charge in [0.05, 0.1) is 5.69 Å². The second-order valence-electron chi connectivity index (χ2n) is 4.12. The highest BCUT2D eigenvalue weighted by molar-refractivity contribution is 7.89. The minimum Gasteiger partial charge on any atom is -0.480 e. The van der Waals surface area contributed by atoms with Gasteiger partial charge in [0, 0.05) is 32.0 Å². The number of rotatable bonds is 3. The summed E-state index contributed by atoms with van der Waals surface area (Å²) in [6.45, 7) is 2.10. The van der Waals surface area contributed by atoms with Gasteiger partial charge in [-0.2, -0.15) is 4.31 Å². The second kappa shape index (κ2) is 5.19. The van der Waals surface area contributed by atoms with E-state index in [1.54, 1.807) is 0 Å². The molecule has 1 aliphatic rings. The van der Waals surface area contributed by atoms with Crippen LogP contribution in [0.15, 0.2) is 17.4 Å². The average Bonchev–Trinajstić information content (AvgIpc) is 2.39. The standard InChI is InChI=1S/C10H14N4O4S/c1-7-9(13-3-2-12-7)19(17,18)14-5-4-11-6-8(14)10(15)16/h2-3,8,11H,4-6H2,1H3,(H,15,16)/t8-/m1/s1. The van der Waals surface area contributed by atoms with Gasteiger partial charge in [-0.1, -0.05) is 0 Å². The minimum absolute atomic E-state index is 0.0773. The second-order valence-corrected chi connectivity index (χ2v) is 5.93. The van der Waals surface area contributed by atoms with E-state index in [0.717, 1.165) is 4.31 Å². The van der Waals surface area contributed by atoms with Gasteiger partial charge in [-0.15, -0.1) is 0 Å². The number of piperazine rings is 1. The monoisotopic (exact) mass is 286 g/mol. The van der Waals surface area contributed by atoms with Crippen molar-refractivity contribution >= 4 is 16.0 Å². The fraction of sp³-hybridized carbons (Fsp3) is 0.500. The molecule has 0 radical (unpaired) electrons. The van der Waals surface area contributed by atoms with Crippen LogP contribution in [0, 0.1) is 6.92 Å². The molecule has 104 valence electrons. The van der Waals surface area contributed by atoms with Crippen LogP contribution in [-0.4, -0.2) is 59.4 Å². The third kappa shape index (κ3) is 2.57. The van der Waals surface area contributed by atoms with Gasteiger partial charge >= 0.3 is 5.97 Å². The van der Waals surface area contributed by atoms with Gasteiger partial charge in [-0.3, -0.25) is 9.78 Å². The number of carboxylic acids is 1. The van der Waals surface area contributed by atoms with Crippen LogP contribution < -0.4 is 5.32 Å². The molecule has 19 heavy (non-hydrogen) atoms. The molecule has 2 rings (SSSR count). The predicted molar refractivity (Wildman–Crippen MR) is 65.0 cm³/mol. The van der Waals surface area contributed by atoms with Crippen LogP contribution >= 0.6 is 0 Å². The fourth-order valence-corrected chi connectivity index (χ4v) is 3.62. The van der Waals surface area contributed by atoms with E-state index in [9.17, 15) is 13.2 Å². The molecule has 0 aliphatic carbocycles. The van der Waals surface area contributed by atoms with Crippen molar-refractivity contribution < 1.29 is 18.3 Å². The summed E-state index contributed by atoms with van der Waals surface area (Å²) in [7, 11) is -3.95. The summed E-state index contributed by atoms with van der Waals surface area (Å²) in [5.74, 6) is -1.18.